The van der Waals surface area contributed by atoms with E-state index in [-0.39, 0.29) is 17.9 Å². The quantitative estimate of drug-likeness (QED) is 0.398. The van der Waals surface area contributed by atoms with Gasteiger partial charge in [0.1, 0.15) is 11.3 Å². The number of esters is 1. The lowest BCUT2D eigenvalue weighted by atomic mass is 10.1. The molecular formula is C19H17N3O5. The third-order valence-corrected chi connectivity index (χ3v) is 3.90. The van der Waals surface area contributed by atoms with Crippen LogP contribution in [0.5, 0.6) is 5.75 Å². The number of non-ortho nitro benzene ring substituents is 1. The van der Waals surface area contributed by atoms with Gasteiger partial charge in [-0.3, -0.25) is 15.1 Å². The van der Waals surface area contributed by atoms with Crippen molar-refractivity contribution in [3.05, 3.63) is 64.3 Å². The molecule has 0 bridgehead atoms. The lowest BCUT2D eigenvalue weighted by Crippen LogP contribution is -2.09. The second kappa shape index (κ2) is 7.69. The van der Waals surface area contributed by atoms with E-state index in [2.05, 4.69) is 10.3 Å². The number of benzene rings is 2. The fourth-order valence-corrected chi connectivity index (χ4v) is 2.64. The van der Waals surface area contributed by atoms with Crippen LogP contribution >= 0.6 is 0 Å². The lowest BCUT2D eigenvalue weighted by molar-refractivity contribution is -0.384. The first-order valence-electron chi connectivity index (χ1n) is 8.19. The van der Waals surface area contributed by atoms with E-state index in [1.807, 2.05) is 0 Å². The number of pyridine rings is 1. The van der Waals surface area contributed by atoms with Gasteiger partial charge in [0.05, 0.1) is 29.8 Å². The molecule has 0 spiro atoms. The van der Waals surface area contributed by atoms with E-state index in [9.17, 15) is 14.9 Å². The van der Waals surface area contributed by atoms with Crippen LogP contribution in [0.15, 0.2) is 48.7 Å². The molecule has 0 fully saturated rings. The third kappa shape index (κ3) is 3.79. The number of carbonyl (C=O) groups is 1. The lowest BCUT2D eigenvalue weighted by Gasteiger charge is -2.14. The standard InChI is InChI=1S/C19H17N3O5/c1-3-27-19(23)16-11-20-17-8-7-14(26-2)10-15(17)18(16)21-12-5-4-6-13(9-12)22(24)25/h4-11H,3H2,1-2H3,(H,20,21). The van der Waals surface area contributed by atoms with E-state index in [1.165, 1.54) is 25.4 Å². The van der Waals surface area contributed by atoms with Gasteiger partial charge in [-0.25, -0.2) is 4.79 Å². The molecule has 27 heavy (non-hydrogen) atoms. The molecule has 8 nitrogen and oxygen atoms in total. The second-order valence-corrected chi connectivity index (χ2v) is 5.58. The first-order chi connectivity index (χ1) is 13.0. The molecule has 0 unspecified atom stereocenters. The van der Waals surface area contributed by atoms with Gasteiger partial charge in [-0.15, -0.1) is 0 Å². The van der Waals surface area contributed by atoms with Crippen LogP contribution in [0.2, 0.25) is 0 Å². The topological polar surface area (TPSA) is 104 Å². The largest absolute Gasteiger partial charge is 0.497 e. The number of nitro groups is 1. The van der Waals surface area contributed by atoms with Gasteiger partial charge in [-0.05, 0) is 31.2 Å². The summed E-state index contributed by atoms with van der Waals surface area (Å²) >= 11 is 0. The maximum absolute atomic E-state index is 12.4. The number of fused-ring (bicyclic) bond motifs is 1. The molecule has 0 saturated heterocycles. The summed E-state index contributed by atoms with van der Waals surface area (Å²) in [7, 11) is 1.54. The summed E-state index contributed by atoms with van der Waals surface area (Å²) in [6.45, 7) is 1.92. The smallest absolute Gasteiger partial charge is 0.341 e. The Morgan fingerprint density at radius 3 is 2.78 bits per heavy atom. The molecule has 3 rings (SSSR count). The van der Waals surface area contributed by atoms with Gasteiger partial charge in [0.2, 0.25) is 0 Å². The molecule has 0 amide bonds. The molecule has 1 aromatic heterocycles. The number of nitrogens with zero attached hydrogens (tertiary/aromatic N) is 2. The highest BCUT2D eigenvalue weighted by molar-refractivity contribution is 6.06. The van der Waals surface area contributed by atoms with Crippen LogP contribution < -0.4 is 10.1 Å². The molecule has 0 aliphatic carbocycles. The van der Waals surface area contributed by atoms with Gasteiger partial charge < -0.3 is 14.8 Å². The molecule has 8 heteroatoms. The summed E-state index contributed by atoms with van der Waals surface area (Å²) in [5.74, 6) is 0.0510. The maximum Gasteiger partial charge on any atom is 0.341 e. The fraction of sp³-hybridized carbons (Fsp3) is 0.158. The molecule has 138 valence electrons. The van der Waals surface area contributed by atoms with Gasteiger partial charge in [0.25, 0.3) is 5.69 Å². The minimum absolute atomic E-state index is 0.0615. The van der Waals surface area contributed by atoms with Crippen LogP contribution in [0.1, 0.15) is 17.3 Å². The Kier molecular flexibility index (Phi) is 5.16. The number of methoxy groups -OCH3 is 1. The molecular weight excluding hydrogens is 350 g/mol. The number of hydrogen-bond acceptors (Lipinski definition) is 7. The molecule has 1 heterocycles. The summed E-state index contributed by atoms with van der Waals surface area (Å²) in [5, 5.41) is 14.8. The third-order valence-electron chi connectivity index (χ3n) is 3.90. The van der Waals surface area contributed by atoms with Gasteiger partial charge in [-0.2, -0.15) is 0 Å². The zero-order chi connectivity index (χ0) is 19.4. The average Bonchev–Trinajstić information content (AvgIpc) is 2.68. The maximum atomic E-state index is 12.4. The fourth-order valence-electron chi connectivity index (χ4n) is 2.64. The molecule has 0 radical (unpaired) electrons. The predicted octanol–water partition coefficient (Wildman–Crippen LogP) is 4.07. The SMILES string of the molecule is CCOC(=O)c1cnc2ccc(OC)cc2c1Nc1cccc([N+](=O)[O-])c1. The summed E-state index contributed by atoms with van der Waals surface area (Å²) in [6, 6.07) is 11.3. The van der Waals surface area contributed by atoms with Crippen LogP contribution in [0.4, 0.5) is 17.1 Å². The molecule has 2 aromatic carbocycles. The molecule has 0 aliphatic rings. The normalized spacial score (nSPS) is 10.4. The summed E-state index contributed by atoms with van der Waals surface area (Å²) < 4.78 is 10.4. The van der Waals surface area contributed by atoms with Gasteiger partial charge in [0.15, 0.2) is 0 Å². The highest BCUT2D eigenvalue weighted by Gasteiger charge is 2.18. The van der Waals surface area contributed by atoms with E-state index < -0.39 is 10.9 Å². The molecule has 3 aromatic rings. The molecule has 0 aliphatic heterocycles. The number of nitrogens with one attached hydrogen (secondary N) is 1. The van der Waals surface area contributed by atoms with Crippen molar-refractivity contribution >= 4 is 33.9 Å². The zero-order valence-electron chi connectivity index (χ0n) is 14.8. The number of aromatic nitrogens is 1. The number of ether oxygens (including phenoxy) is 2. The Morgan fingerprint density at radius 2 is 2.07 bits per heavy atom. The minimum Gasteiger partial charge on any atom is -0.497 e. The molecule has 1 N–H and O–H groups in total. The zero-order valence-corrected chi connectivity index (χ0v) is 14.8. The van der Waals surface area contributed by atoms with Crippen molar-refractivity contribution in [2.45, 2.75) is 6.92 Å². The van der Waals surface area contributed by atoms with Gasteiger partial charge >= 0.3 is 5.97 Å². The van der Waals surface area contributed by atoms with Crippen molar-refractivity contribution in [2.75, 3.05) is 19.0 Å². The summed E-state index contributed by atoms with van der Waals surface area (Å²) in [5.41, 5.74) is 1.71. The minimum atomic E-state index is -0.539. The van der Waals surface area contributed by atoms with Crippen LogP contribution in [0.3, 0.4) is 0 Å². The molecule has 0 saturated carbocycles. The Balaban J connectivity index is 2.17. The Morgan fingerprint density at radius 1 is 1.26 bits per heavy atom. The monoisotopic (exact) mass is 367 g/mol. The van der Waals surface area contributed by atoms with E-state index in [1.54, 1.807) is 37.3 Å². The highest BCUT2D eigenvalue weighted by Crippen LogP contribution is 2.33. The van der Waals surface area contributed by atoms with E-state index >= 15 is 0 Å². The van der Waals surface area contributed by atoms with Crippen molar-refractivity contribution < 1.29 is 19.2 Å². The number of rotatable bonds is 6. The van der Waals surface area contributed by atoms with Crippen LogP contribution in [-0.4, -0.2) is 29.6 Å². The van der Waals surface area contributed by atoms with Crippen LogP contribution in [-0.2, 0) is 4.74 Å². The second-order valence-electron chi connectivity index (χ2n) is 5.58. The van der Waals surface area contributed by atoms with Crippen molar-refractivity contribution in [1.82, 2.24) is 4.98 Å². The van der Waals surface area contributed by atoms with Crippen LogP contribution in [0.25, 0.3) is 10.9 Å². The Hall–Kier alpha value is -3.68. The van der Waals surface area contributed by atoms with Crippen molar-refractivity contribution in [1.29, 1.82) is 0 Å². The van der Waals surface area contributed by atoms with Crippen LogP contribution in [0, 0.1) is 10.1 Å². The predicted molar refractivity (Wildman–Crippen MR) is 101 cm³/mol. The van der Waals surface area contributed by atoms with Crippen molar-refractivity contribution in [3.8, 4) is 5.75 Å². The number of nitro benzene ring substituents is 1. The summed E-state index contributed by atoms with van der Waals surface area (Å²) in [6.07, 6.45) is 1.42. The van der Waals surface area contributed by atoms with Crippen molar-refractivity contribution in [3.63, 3.8) is 0 Å². The van der Waals surface area contributed by atoms with Crippen molar-refractivity contribution in [2.24, 2.45) is 0 Å². The number of carbonyl (C=O) groups excluding carboxylic acids is 1. The average molecular weight is 367 g/mol. The first-order valence-corrected chi connectivity index (χ1v) is 8.19. The van der Waals surface area contributed by atoms with E-state index in [0.717, 1.165) is 0 Å². The molecule has 0 atom stereocenters. The van der Waals surface area contributed by atoms with Gasteiger partial charge in [-0.1, -0.05) is 6.07 Å². The highest BCUT2D eigenvalue weighted by atomic mass is 16.6. The van der Waals surface area contributed by atoms with E-state index in [0.29, 0.717) is 28.0 Å². The Bertz CT molecular complexity index is 1020. The first kappa shape index (κ1) is 18.1. The number of hydrogen-bond donors (Lipinski definition) is 1. The summed E-state index contributed by atoms with van der Waals surface area (Å²) in [4.78, 5) is 27.2. The Labute approximate surface area is 154 Å². The number of anilines is 2. The van der Waals surface area contributed by atoms with E-state index in [4.69, 9.17) is 9.47 Å². The van der Waals surface area contributed by atoms with Gasteiger partial charge in [0, 0.05) is 29.4 Å².